The molecule has 0 unspecified atom stereocenters. The van der Waals surface area contributed by atoms with E-state index in [1.807, 2.05) is 12.4 Å². The van der Waals surface area contributed by atoms with E-state index in [1.165, 1.54) is 0 Å². The van der Waals surface area contributed by atoms with E-state index in [0.29, 0.717) is 0 Å². The van der Waals surface area contributed by atoms with Crippen LogP contribution in [0.2, 0.25) is 0 Å². The zero-order chi connectivity index (χ0) is 14.9. The summed E-state index contributed by atoms with van der Waals surface area (Å²) in [5.74, 6) is 0.852. The molecule has 1 aromatic rings. The van der Waals surface area contributed by atoms with Gasteiger partial charge in [-0.05, 0) is 25.9 Å². The lowest BCUT2D eigenvalue weighted by Gasteiger charge is -2.20. The molecule has 2 rings (SSSR count). The maximum Gasteiger partial charge on any atom is 0.144 e. The number of nitrogens with zero attached hydrogens (tertiary/aromatic N) is 4. The summed E-state index contributed by atoms with van der Waals surface area (Å²) in [4.78, 5) is 13.6. The molecule has 0 aromatic carbocycles. The smallest absolute Gasteiger partial charge is 0.144 e. The molecule has 6 nitrogen and oxygen atoms in total. The van der Waals surface area contributed by atoms with Crippen molar-refractivity contribution in [3.8, 4) is 0 Å². The number of aliphatic hydroxyl groups is 1. The number of anilines is 1. The highest BCUT2D eigenvalue weighted by molar-refractivity contribution is 5.30. The Balaban J connectivity index is 1.81. The van der Waals surface area contributed by atoms with Crippen molar-refractivity contribution < 1.29 is 5.11 Å². The molecule has 2 N–H and O–H groups in total. The normalized spacial score (nSPS) is 17.6. The molecule has 0 aliphatic carbocycles. The number of hydrogen-bond acceptors (Lipinski definition) is 6. The monoisotopic (exact) mass is 293 g/mol. The van der Waals surface area contributed by atoms with Gasteiger partial charge in [-0.1, -0.05) is 6.92 Å². The molecule has 0 saturated carbocycles. The van der Waals surface area contributed by atoms with Gasteiger partial charge in [-0.15, -0.1) is 0 Å². The second-order valence-corrected chi connectivity index (χ2v) is 5.51. The Kier molecular flexibility index (Phi) is 6.85. The average Bonchev–Trinajstić information content (AvgIpc) is 2.73. The van der Waals surface area contributed by atoms with Crippen molar-refractivity contribution in [2.45, 2.75) is 26.3 Å². The van der Waals surface area contributed by atoms with Crippen molar-refractivity contribution in [3.63, 3.8) is 0 Å². The van der Waals surface area contributed by atoms with Crippen LogP contribution in [0, 0.1) is 0 Å². The van der Waals surface area contributed by atoms with Crippen LogP contribution in [-0.2, 0) is 6.54 Å². The summed E-state index contributed by atoms with van der Waals surface area (Å²) in [6.45, 7) is 9.15. The SMILES string of the molecule is CCCNc1cnc(CN2CCCN(CCO)CC2)cn1. The molecule has 1 fully saturated rings. The Labute approximate surface area is 127 Å². The van der Waals surface area contributed by atoms with Gasteiger partial charge in [0.1, 0.15) is 5.82 Å². The predicted molar refractivity (Wildman–Crippen MR) is 84.2 cm³/mol. The summed E-state index contributed by atoms with van der Waals surface area (Å²) in [6, 6.07) is 0. The first kappa shape index (κ1) is 16.1. The molecule has 0 amide bonds. The van der Waals surface area contributed by atoms with Gasteiger partial charge in [-0.3, -0.25) is 14.8 Å². The molecule has 0 radical (unpaired) electrons. The Morgan fingerprint density at radius 3 is 2.67 bits per heavy atom. The molecule has 0 atom stereocenters. The lowest BCUT2D eigenvalue weighted by Crippen LogP contribution is -2.32. The van der Waals surface area contributed by atoms with Gasteiger partial charge >= 0.3 is 0 Å². The molecule has 2 heterocycles. The Morgan fingerprint density at radius 2 is 1.95 bits per heavy atom. The van der Waals surface area contributed by atoms with Gasteiger partial charge in [0.2, 0.25) is 0 Å². The largest absolute Gasteiger partial charge is 0.395 e. The van der Waals surface area contributed by atoms with E-state index in [-0.39, 0.29) is 6.61 Å². The maximum atomic E-state index is 9.02. The molecular formula is C15H27N5O. The van der Waals surface area contributed by atoms with Crippen LogP contribution in [0.1, 0.15) is 25.5 Å². The lowest BCUT2D eigenvalue weighted by atomic mass is 10.3. The first-order chi connectivity index (χ1) is 10.3. The highest BCUT2D eigenvalue weighted by Gasteiger charge is 2.14. The van der Waals surface area contributed by atoms with Gasteiger partial charge in [0.25, 0.3) is 0 Å². The average molecular weight is 293 g/mol. The molecule has 1 aromatic heterocycles. The zero-order valence-electron chi connectivity index (χ0n) is 13.0. The minimum Gasteiger partial charge on any atom is -0.395 e. The molecule has 0 bridgehead atoms. The van der Waals surface area contributed by atoms with Crippen LogP contribution in [0.3, 0.4) is 0 Å². The van der Waals surface area contributed by atoms with Crippen molar-refractivity contribution in [3.05, 3.63) is 18.1 Å². The van der Waals surface area contributed by atoms with Gasteiger partial charge in [-0.25, -0.2) is 4.98 Å². The molecule has 1 aliphatic heterocycles. The number of nitrogens with one attached hydrogen (secondary N) is 1. The Morgan fingerprint density at radius 1 is 1.14 bits per heavy atom. The van der Waals surface area contributed by atoms with Crippen molar-refractivity contribution in [1.29, 1.82) is 0 Å². The zero-order valence-corrected chi connectivity index (χ0v) is 13.0. The molecular weight excluding hydrogens is 266 g/mol. The van der Waals surface area contributed by atoms with Gasteiger partial charge in [0.15, 0.2) is 0 Å². The quantitative estimate of drug-likeness (QED) is 0.775. The van der Waals surface area contributed by atoms with Crippen LogP contribution in [-0.4, -0.2) is 70.7 Å². The van der Waals surface area contributed by atoms with E-state index >= 15 is 0 Å². The molecule has 1 aliphatic rings. The minimum absolute atomic E-state index is 0.248. The number of hydrogen-bond donors (Lipinski definition) is 2. The van der Waals surface area contributed by atoms with Crippen molar-refractivity contribution in [1.82, 2.24) is 19.8 Å². The van der Waals surface area contributed by atoms with E-state index in [2.05, 4.69) is 32.0 Å². The summed E-state index contributed by atoms with van der Waals surface area (Å²) in [5.41, 5.74) is 1.02. The fourth-order valence-corrected chi connectivity index (χ4v) is 2.56. The predicted octanol–water partition coefficient (Wildman–Crippen LogP) is 0.799. The van der Waals surface area contributed by atoms with Gasteiger partial charge in [0, 0.05) is 32.7 Å². The van der Waals surface area contributed by atoms with Crippen LogP contribution in [0.25, 0.3) is 0 Å². The third-order valence-electron chi connectivity index (χ3n) is 3.74. The highest BCUT2D eigenvalue weighted by atomic mass is 16.3. The molecule has 118 valence electrons. The molecule has 1 saturated heterocycles. The Hall–Kier alpha value is -1.24. The van der Waals surface area contributed by atoms with Crippen LogP contribution in [0.5, 0.6) is 0 Å². The van der Waals surface area contributed by atoms with Crippen molar-refractivity contribution in [2.75, 3.05) is 51.2 Å². The van der Waals surface area contributed by atoms with E-state index in [4.69, 9.17) is 5.11 Å². The highest BCUT2D eigenvalue weighted by Crippen LogP contribution is 2.08. The number of aromatic nitrogens is 2. The third kappa shape index (κ3) is 5.57. The maximum absolute atomic E-state index is 9.02. The first-order valence-electron chi connectivity index (χ1n) is 7.92. The second kappa shape index (κ2) is 8.92. The number of aliphatic hydroxyl groups excluding tert-OH is 1. The summed E-state index contributed by atoms with van der Waals surface area (Å²) >= 11 is 0. The summed E-state index contributed by atoms with van der Waals surface area (Å²) in [5, 5.41) is 12.3. The van der Waals surface area contributed by atoms with Crippen molar-refractivity contribution >= 4 is 5.82 Å². The van der Waals surface area contributed by atoms with Crippen LogP contribution in [0.4, 0.5) is 5.82 Å². The molecule has 21 heavy (non-hydrogen) atoms. The van der Waals surface area contributed by atoms with Crippen LogP contribution in [0.15, 0.2) is 12.4 Å². The topological polar surface area (TPSA) is 64.5 Å². The standard InChI is InChI=1S/C15H27N5O/c1-2-4-16-15-12-17-14(11-18-15)13-20-6-3-5-19(7-8-20)9-10-21/h11-12,21H,2-10,13H2,1H3,(H,16,18). The minimum atomic E-state index is 0.248. The van der Waals surface area contributed by atoms with E-state index < -0.39 is 0 Å². The second-order valence-electron chi connectivity index (χ2n) is 5.51. The van der Waals surface area contributed by atoms with Gasteiger partial charge < -0.3 is 10.4 Å². The fraction of sp³-hybridized carbons (Fsp3) is 0.733. The lowest BCUT2D eigenvalue weighted by molar-refractivity contribution is 0.195. The molecule has 6 heteroatoms. The third-order valence-corrected chi connectivity index (χ3v) is 3.74. The van der Waals surface area contributed by atoms with E-state index in [9.17, 15) is 0 Å². The van der Waals surface area contributed by atoms with Gasteiger partial charge in [-0.2, -0.15) is 0 Å². The van der Waals surface area contributed by atoms with Crippen molar-refractivity contribution in [2.24, 2.45) is 0 Å². The summed E-state index contributed by atoms with van der Waals surface area (Å²) < 4.78 is 0. The van der Waals surface area contributed by atoms with E-state index in [0.717, 1.165) is 70.2 Å². The fourth-order valence-electron chi connectivity index (χ4n) is 2.56. The number of β-amino-alcohol motifs (C(OH)–C–C–N with tert-alkyl or cyclic N) is 1. The number of rotatable bonds is 7. The summed E-state index contributed by atoms with van der Waals surface area (Å²) in [6.07, 6.45) is 5.92. The van der Waals surface area contributed by atoms with E-state index in [1.54, 1.807) is 0 Å². The van der Waals surface area contributed by atoms with Crippen LogP contribution < -0.4 is 5.32 Å². The van der Waals surface area contributed by atoms with Crippen LogP contribution >= 0.6 is 0 Å². The van der Waals surface area contributed by atoms with Gasteiger partial charge in [0.05, 0.1) is 24.7 Å². The first-order valence-corrected chi connectivity index (χ1v) is 7.92. The summed E-state index contributed by atoms with van der Waals surface area (Å²) in [7, 11) is 0. The Bertz CT molecular complexity index is 398. The molecule has 0 spiro atoms.